The predicted octanol–water partition coefficient (Wildman–Crippen LogP) is -2.52. The summed E-state index contributed by atoms with van der Waals surface area (Å²) in [5.41, 5.74) is 5.32. The molecule has 0 aliphatic rings. The summed E-state index contributed by atoms with van der Waals surface area (Å²) in [6, 6.07) is -4.26. The highest BCUT2D eigenvalue weighted by molar-refractivity contribution is 5.94. The van der Waals surface area contributed by atoms with Crippen molar-refractivity contribution in [2.45, 2.75) is 51.2 Å². The zero-order valence-electron chi connectivity index (χ0n) is 16.0. The van der Waals surface area contributed by atoms with Gasteiger partial charge in [0.15, 0.2) is 0 Å². The molecule has 3 amide bonds. The van der Waals surface area contributed by atoms with Crippen LogP contribution >= 0.6 is 0 Å². The fourth-order valence-corrected chi connectivity index (χ4v) is 2.17. The summed E-state index contributed by atoms with van der Waals surface area (Å²) in [4.78, 5) is 68.4. The maximum absolute atomic E-state index is 12.3. The zero-order valence-corrected chi connectivity index (χ0v) is 16.0. The Bertz CT molecular complexity index is 650. The van der Waals surface area contributed by atoms with E-state index < -0.39 is 73.1 Å². The molecule has 0 aliphatic heterocycles. The molecule has 13 nitrogen and oxygen atoms in total. The van der Waals surface area contributed by atoms with Crippen LogP contribution in [-0.4, -0.2) is 75.6 Å². The molecule has 0 aliphatic carbocycles. The zero-order chi connectivity index (χ0) is 22.7. The fourth-order valence-electron chi connectivity index (χ4n) is 2.17. The molecule has 0 radical (unpaired) electrons. The fraction of sp³-hybridized carbons (Fsp3) is 0.625. The summed E-state index contributed by atoms with van der Waals surface area (Å²) in [7, 11) is 0. The van der Waals surface area contributed by atoms with Gasteiger partial charge < -0.3 is 37.0 Å². The van der Waals surface area contributed by atoms with Crippen LogP contribution < -0.4 is 21.7 Å². The van der Waals surface area contributed by atoms with E-state index in [4.69, 9.17) is 21.1 Å². The number of amides is 3. The van der Waals surface area contributed by atoms with Crippen molar-refractivity contribution in [2.24, 2.45) is 11.7 Å². The number of hydrogen-bond acceptors (Lipinski definition) is 7. The molecule has 0 spiro atoms. The lowest BCUT2D eigenvalue weighted by molar-refractivity contribution is -0.143. The Kier molecular flexibility index (Phi) is 10.9. The van der Waals surface area contributed by atoms with E-state index in [0.717, 1.165) is 0 Å². The molecule has 0 aromatic carbocycles. The number of hydrogen-bond donors (Lipinski definition) is 7. The number of carbonyl (C=O) groups excluding carboxylic acids is 3. The van der Waals surface area contributed by atoms with Crippen LogP contribution in [0, 0.1) is 5.92 Å². The third-order valence-corrected chi connectivity index (χ3v) is 3.51. The maximum atomic E-state index is 12.3. The topological polar surface area (TPSA) is 225 Å². The lowest BCUT2D eigenvalue weighted by Gasteiger charge is -2.21. The molecular formula is C16H26N4O9. The third kappa shape index (κ3) is 11.3. The SMILES string of the molecule is CC(C)CC(NC(=O)C(CC(=O)O)NC(=O)CNC(=O)C(N)CC(=O)O)C(=O)O. The number of carbonyl (C=O) groups is 6. The highest BCUT2D eigenvalue weighted by atomic mass is 16.4. The second-order valence-electron chi connectivity index (χ2n) is 6.67. The van der Waals surface area contributed by atoms with Crippen LogP contribution in [0.4, 0.5) is 0 Å². The molecule has 29 heavy (non-hydrogen) atoms. The van der Waals surface area contributed by atoms with Gasteiger partial charge in [0.1, 0.15) is 12.1 Å². The quantitative estimate of drug-likeness (QED) is 0.166. The van der Waals surface area contributed by atoms with Crippen LogP contribution in [0.2, 0.25) is 0 Å². The maximum Gasteiger partial charge on any atom is 0.326 e. The van der Waals surface area contributed by atoms with E-state index >= 15 is 0 Å². The Hall–Kier alpha value is -3.22. The number of rotatable bonds is 13. The second kappa shape index (κ2) is 12.3. The minimum Gasteiger partial charge on any atom is -0.481 e. The van der Waals surface area contributed by atoms with Gasteiger partial charge in [-0.15, -0.1) is 0 Å². The van der Waals surface area contributed by atoms with Gasteiger partial charge in [-0.2, -0.15) is 0 Å². The van der Waals surface area contributed by atoms with Crippen LogP contribution in [0.15, 0.2) is 0 Å². The normalized spacial score (nSPS) is 13.7. The van der Waals surface area contributed by atoms with Crippen LogP contribution in [0.25, 0.3) is 0 Å². The van der Waals surface area contributed by atoms with Crippen molar-refractivity contribution in [1.29, 1.82) is 0 Å². The molecule has 3 atom stereocenters. The first-order valence-electron chi connectivity index (χ1n) is 8.62. The van der Waals surface area contributed by atoms with Gasteiger partial charge in [0.05, 0.1) is 25.4 Å². The Morgan fingerprint density at radius 1 is 0.828 bits per heavy atom. The summed E-state index contributed by atoms with van der Waals surface area (Å²) >= 11 is 0. The molecule has 0 heterocycles. The number of aliphatic carboxylic acids is 3. The Morgan fingerprint density at radius 3 is 1.83 bits per heavy atom. The number of nitrogens with one attached hydrogen (secondary N) is 3. The number of carboxylic acid groups (broad SMARTS) is 3. The largest absolute Gasteiger partial charge is 0.481 e. The average molecular weight is 418 g/mol. The van der Waals surface area contributed by atoms with Gasteiger partial charge in [0.25, 0.3) is 0 Å². The summed E-state index contributed by atoms with van der Waals surface area (Å²) in [5.74, 6) is -7.01. The van der Waals surface area contributed by atoms with Gasteiger partial charge >= 0.3 is 17.9 Å². The smallest absolute Gasteiger partial charge is 0.326 e. The molecule has 0 saturated carbocycles. The van der Waals surface area contributed by atoms with Gasteiger partial charge in [0.2, 0.25) is 17.7 Å². The van der Waals surface area contributed by atoms with Crippen LogP contribution in [0.1, 0.15) is 33.1 Å². The molecule has 0 aromatic rings. The highest BCUT2D eigenvalue weighted by Crippen LogP contribution is 2.06. The molecule has 0 aromatic heterocycles. The molecular weight excluding hydrogens is 392 g/mol. The van der Waals surface area contributed by atoms with Gasteiger partial charge in [-0.1, -0.05) is 13.8 Å². The van der Waals surface area contributed by atoms with E-state index in [-0.39, 0.29) is 12.3 Å². The number of carboxylic acids is 3. The van der Waals surface area contributed by atoms with Gasteiger partial charge in [-0.25, -0.2) is 4.79 Å². The van der Waals surface area contributed by atoms with Crippen molar-refractivity contribution < 1.29 is 44.1 Å². The first-order valence-corrected chi connectivity index (χ1v) is 8.62. The standard InChI is InChI=1S/C16H26N4O9/c1-7(2)3-10(16(28)29)20-15(27)9(5-13(24)25)19-11(21)6-18-14(26)8(17)4-12(22)23/h7-10H,3-6,17H2,1-2H3,(H,18,26)(H,19,21)(H,20,27)(H,22,23)(H,24,25)(H,28,29). The van der Waals surface area contributed by atoms with Crippen molar-refractivity contribution in [1.82, 2.24) is 16.0 Å². The van der Waals surface area contributed by atoms with Gasteiger partial charge in [-0.05, 0) is 12.3 Å². The summed E-state index contributed by atoms with van der Waals surface area (Å²) < 4.78 is 0. The van der Waals surface area contributed by atoms with Gasteiger partial charge in [0, 0.05) is 0 Å². The van der Waals surface area contributed by atoms with E-state index in [1.807, 2.05) is 0 Å². The van der Waals surface area contributed by atoms with Crippen LogP contribution in [0.5, 0.6) is 0 Å². The molecule has 0 rings (SSSR count). The van der Waals surface area contributed by atoms with Crippen LogP contribution in [0.3, 0.4) is 0 Å². The molecule has 0 fully saturated rings. The molecule has 164 valence electrons. The van der Waals surface area contributed by atoms with Crippen LogP contribution in [-0.2, 0) is 28.8 Å². The predicted molar refractivity (Wildman–Crippen MR) is 96.4 cm³/mol. The minimum absolute atomic E-state index is 0.0749. The first kappa shape index (κ1) is 25.8. The Balaban J connectivity index is 4.92. The lowest BCUT2D eigenvalue weighted by atomic mass is 10.0. The van der Waals surface area contributed by atoms with Crippen molar-refractivity contribution in [3.8, 4) is 0 Å². The Morgan fingerprint density at radius 2 is 1.38 bits per heavy atom. The molecule has 3 unspecified atom stereocenters. The third-order valence-electron chi connectivity index (χ3n) is 3.51. The molecule has 0 saturated heterocycles. The first-order chi connectivity index (χ1) is 13.3. The summed E-state index contributed by atoms with van der Waals surface area (Å²) in [5, 5.41) is 33.0. The summed E-state index contributed by atoms with van der Waals surface area (Å²) in [6.45, 7) is 2.77. The van der Waals surface area contributed by atoms with E-state index in [9.17, 15) is 28.8 Å². The van der Waals surface area contributed by atoms with E-state index in [1.54, 1.807) is 13.8 Å². The molecule has 13 heteroatoms. The highest BCUT2D eigenvalue weighted by Gasteiger charge is 2.29. The van der Waals surface area contributed by atoms with E-state index in [0.29, 0.717) is 0 Å². The Labute approximate surface area is 166 Å². The lowest BCUT2D eigenvalue weighted by Crippen LogP contribution is -2.54. The summed E-state index contributed by atoms with van der Waals surface area (Å²) in [6.07, 6.45) is -1.39. The van der Waals surface area contributed by atoms with E-state index in [2.05, 4.69) is 16.0 Å². The van der Waals surface area contributed by atoms with E-state index in [1.165, 1.54) is 0 Å². The average Bonchev–Trinajstić information content (AvgIpc) is 2.56. The van der Waals surface area contributed by atoms with Crippen molar-refractivity contribution in [2.75, 3.05) is 6.54 Å². The van der Waals surface area contributed by atoms with Crippen molar-refractivity contribution in [3.05, 3.63) is 0 Å². The molecule has 0 bridgehead atoms. The van der Waals surface area contributed by atoms with Crippen molar-refractivity contribution >= 4 is 35.6 Å². The van der Waals surface area contributed by atoms with Crippen molar-refractivity contribution in [3.63, 3.8) is 0 Å². The molecule has 8 N–H and O–H groups in total. The second-order valence-corrected chi connectivity index (χ2v) is 6.67. The number of nitrogens with two attached hydrogens (primary N) is 1. The van der Waals surface area contributed by atoms with Gasteiger partial charge in [-0.3, -0.25) is 24.0 Å². The minimum atomic E-state index is -1.58. The monoisotopic (exact) mass is 418 g/mol.